The third kappa shape index (κ3) is 3.98. The van der Waals surface area contributed by atoms with Crippen LogP contribution in [0.25, 0.3) is 16.7 Å². The average molecular weight is 511 g/mol. The molecule has 1 aliphatic carbocycles. The van der Waals surface area contributed by atoms with Crippen LogP contribution in [-0.2, 0) is 23.6 Å². The van der Waals surface area contributed by atoms with Crippen molar-refractivity contribution >= 4 is 32.4 Å². The average Bonchev–Trinajstić information content (AvgIpc) is 3.20. The van der Waals surface area contributed by atoms with Gasteiger partial charge in [0.15, 0.2) is 0 Å². The van der Waals surface area contributed by atoms with Gasteiger partial charge >= 0.3 is 0 Å². The Morgan fingerprint density at radius 1 is 1.28 bits per heavy atom. The van der Waals surface area contributed by atoms with Crippen molar-refractivity contribution in [3.05, 3.63) is 52.8 Å². The van der Waals surface area contributed by atoms with E-state index in [1.165, 1.54) is 6.07 Å². The van der Waals surface area contributed by atoms with Crippen molar-refractivity contribution in [1.29, 1.82) is 0 Å². The van der Waals surface area contributed by atoms with Gasteiger partial charge < -0.3 is 10.2 Å². The molecule has 0 unspecified atom stereocenters. The van der Waals surface area contributed by atoms with Gasteiger partial charge in [-0.15, -0.1) is 0 Å². The molecular weight excluding hydrogens is 480 g/mol. The largest absolute Gasteiger partial charge is 0.367 e. The zero-order chi connectivity index (χ0) is 25.2. The molecule has 0 spiro atoms. The Morgan fingerprint density at radius 3 is 2.78 bits per heavy atom. The van der Waals surface area contributed by atoms with Crippen LogP contribution < -0.4 is 20.5 Å². The summed E-state index contributed by atoms with van der Waals surface area (Å²) < 4.78 is 34.9. The number of rotatable bonds is 6. The number of hydrogen-bond acceptors (Lipinski definition) is 7. The van der Waals surface area contributed by atoms with E-state index in [0.717, 1.165) is 30.6 Å². The fourth-order valence-corrected chi connectivity index (χ4v) is 6.52. The Kier molecular flexibility index (Phi) is 5.25. The fourth-order valence-electron chi connectivity index (χ4n) is 5.01. The van der Waals surface area contributed by atoms with Crippen molar-refractivity contribution in [2.75, 3.05) is 24.5 Å². The minimum absolute atomic E-state index is 0.105. The van der Waals surface area contributed by atoms with E-state index >= 15 is 0 Å². The van der Waals surface area contributed by atoms with Crippen LogP contribution in [0.5, 0.6) is 0 Å². The Bertz CT molecular complexity index is 1650. The van der Waals surface area contributed by atoms with Gasteiger partial charge in [-0.2, -0.15) is 5.10 Å². The second-order valence-electron chi connectivity index (χ2n) is 10.3. The van der Waals surface area contributed by atoms with E-state index in [-0.39, 0.29) is 23.0 Å². The number of aryl methyl sites for hydroxylation is 1. The number of anilines is 1. The lowest BCUT2D eigenvalue weighted by atomic mass is 10.1. The highest BCUT2D eigenvalue weighted by atomic mass is 32.2. The molecular formula is C24H30N8O3S. The number of piperazine rings is 1. The van der Waals surface area contributed by atoms with Crippen LogP contribution in [0, 0.1) is 0 Å². The van der Waals surface area contributed by atoms with Gasteiger partial charge in [0.1, 0.15) is 0 Å². The number of aromatic nitrogens is 5. The summed E-state index contributed by atoms with van der Waals surface area (Å²) in [6, 6.07) is 3.44. The standard InChI is InChI=1S/C24H30N8O3S/c1-16-13-30(8-6-25-16)20-11-18(36(34,35)28-24(2)4-5-24)10-19-21(20)31-9-7-26-23(31)32(22(19)33)15-17-12-27-29(3)14-17/h7,9-12,14,16,25,28H,4-6,8,13,15H2,1-3H3/t16-/m1/s1. The quantitative estimate of drug-likeness (QED) is 0.398. The summed E-state index contributed by atoms with van der Waals surface area (Å²) in [7, 11) is -2.00. The lowest BCUT2D eigenvalue weighted by Crippen LogP contribution is -2.49. The number of nitrogens with one attached hydrogen (secondary N) is 2. The van der Waals surface area contributed by atoms with Gasteiger partial charge in [-0.25, -0.2) is 18.1 Å². The van der Waals surface area contributed by atoms with Gasteiger partial charge in [-0.1, -0.05) is 0 Å². The van der Waals surface area contributed by atoms with Gasteiger partial charge in [-0.05, 0) is 38.8 Å². The topological polar surface area (TPSA) is 119 Å². The summed E-state index contributed by atoms with van der Waals surface area (Å²) in [5.74, 6) is 0.500. The number of sulfonamides is 1. The third-order valence-corrected chi connectivity index (χ3v) is 8.76. The summed E-state index contributed by atoms with van der Waals surface area (Å²) in [5.41, 5.74) is 1.53. The molecule has 0 amide bonds. The number of imidazole rings is 1. The molecule has 11 nitrogen and oxygen atoms in total. The molecule has 1 aliphatic heterocycles. The Morgan fingerprint density at radius 2 is 2.08 bits per heavy atom. The van der Waals surface area contributed by atoms with Crippen molar-refractivity contribution in [1.82, 2.24) is 33.8 Å². The molecule has 2 aliphatic rings. The molecule has 1 saturated carbocycles. The Hall–Kier alpha value is -3.22. The van der Waals surface area contributed by atoms with Gasteiger partial charge in [0.2, 0.25) is 15.8 Å². The maximum absolute atomic E-state index is 14.0. The molecule has 1 saturated heterocycles. The number of nitrogens with zero attached hydrogens (tertiary/aromatic N) is 6. The minimum atomic E-state index is -3.83. The van der Waals surface area contributed by atoms with E-state index in [1.807, 2.05) is 30.8 Å². The lowest BCUT2D eigenvalue weighted by molar-refractivity contribution is 0.485. The monoisotopic (exact) mass is 510 g/mol. The van der Waals surface area contributed by atoms with E-state index in [1.54, 1.807) is 27.7 Å². The second-order valence-corrected chi connectivity index (χ2v) is 12.0. The van der Waals surface area contributed by atoms with Gasteiger partial charge in [0, 0.05) is 62.4 Å². The smallest absolute Gasteiger partial charge is 0.263 e. The summed E-state index contributed by atoms with van der Waals surface area (Å²) in [6.45, 7) is 6.43. The molecule has 6 rings (SSSR count). The molecule has 12 heteroatoms. The first-order valence-corrected chi connectivity index (χ1v) is 13.7. The molecule has 3 aromatic heterocycles. The van der Waals surface area contributed by atoms with E-state index in [2.05, 4.69) is 31.9 Å². The van der Waals surface area contributed by atoms with Crippen LogP contribution in [0.2, 0.25) is 0 Å². The first kappa shape index (κ1) is 23.2. The SMILES string of the molecule is C[C@@H]1CN(c2cc(S(=O)(=O)NC3(C)CC3)cc3c(=O)n(Cc4cnn(C)c4)c4nccn4c23)CCN1. The fraction of sp³-hybridized carbons (Fsp3) is 0.458. The highest BCUT2D eigenvalue weighted by Crippen LogP contribution is 2.37. The maximum Gasteiger partial charge on any atom is 0.263 e. The van der Waals surface area contributed by atoms with E-state index in [4.69, 9.17) is 0 Å². The molecule has 2 fully saturated rings. The minimum Gasteiger partial charge on any atom is -0.367 e. The first-order valence-electron chi connectivity index (χ1n) is 12.2. The summed E-state index contributed by atoms with van der Waals surface area (Å²) >= 11 is 0. The summed E-state index contributed by atoms with van der Waals surface area (Å²) in [4.78, 5) is 20.7. The van der Waals surface area contributed by atoms with E-state index in [9.17, 15) is 13.2 Å². The molecule has 0 bridgehead atoms. The predicted octanol–water partition coefficient (Wildman–Crippen LogP) is 1.06. The van der Waals surface area contributed by atoms with Crippen LogP contribution in [0.4, 0.5) is 5.69 Å². The van der Waals surface area contributed by atoms with Gasteiger partial charge in [0.25, 0.3) is 5.56 Å². The van der Waals surface area contributed by atoms with Crippen molar-refractivity contribution < 1.29 is 8.42 Å². The summed E-state index contributed by atoms with van der Waals surface area (Å²) in [5, 5.41) is 7.99. The molecule has 0 radical (unpaired) electrons. The zero-order valence-corrected chi connectivity index (χ0v) is 21.4. The molecule has 190 valence electrons. The molecule has 1 atom stereocenters. The Labute approximate surface area is 208 Å². The first-order chi connectivity index (χ1) is 17.1. The number of benzene rings is 1. The lowest BCUT2D eigenvalue weighted by Gasteiger charge is -2.34. The normalized spacial score (nSPS) is 19.9. The van der Waals surface area contributed by atoms with Crippen molar-refractivity contribution in [3.63, 3.8) is 0 Å². The molecule has 4 heterocycles. The van der Waals surface area contributed by atoms with Crippen molar-refractivity contribution in [2.24, 2.45) is 7.05 Å². The number of hydrogen-bond donors (Lipinski definition) is 2. The Balaban J connectivity index is 1.61. The highest BCUT2D eigenvalue weighted by molar-refractivity contribution is 7.89. The molecule has 2 N–H and O–H groups in total. The summed E-state index contributed by atoms with van der Waals surface area (Å²) in [6.07, 6.45) is 8.66. The zero-order valence-electron chi connectivity index (χ0n) is 20.6. The van der Waals surface area contributed by atoms with Gasteiger partial charge in [0.05, 0.1) is 34.2 Å². The van der Waals surface area contributed by atoms with Gasteiger partial charge in [-0.3, -0.25) is 18.4 Å². The highest BCUT2D eigenvalue weighted by Gasteiger charge is 2.41. The molecule has 4 aromatic rings. The van der Waals surface area contributed by atoms with Crippen LogP contribution in [0.3, 0.4) is 0 Å². The second kappa shape index (κ2) is 8.15. The number of fused-ring (bicyclic) bond motifs is 3. The molecule has 36 heavy (non-hydrogen) atoms. The van der Waals surface area contributed by atoms with Crippen molar-refractivity contribution in [2.45, 2.75) is 49.7 Å². The predicted molar refractivity (Wildman–Crippen MR) is 137 cm³/mol. The maximum atomic E-state index is 14.0. The van der Waals surface area contributed by atoms with E-state index in [0.29, 0.717) is 29.8 Å². The van der Waals surface area contributed by atoms with Crippen LogP contribution >= 0.6 is 0 Å². The van der Waals surface area contributed by atoms with Crippen LogP contribution in [0.15, 0.2) is 46.6 Å². The van der Waals surface area contributed by atoms with Crippen molar-refractivity contribution in [3.8, 4) is 0 Å². The van der Waals surface area contributed by atoms with E-state index < -0.39 is 15.6 Å². The third-order valence-electron chi connectivity index (χ3n) is 7.14. The van der Waals surface area contributed by atoms with Crippen LogP contribution in [0.1, 0.15) is 32.3 Å². The molecule has 1 aromatic carbocycles. The van der Waals surface area contributed by atoms with Crippen LogP contribution in [-0.4, -0.2) is 63.4 Å².